The van der Waals surface area contributed by atoms with Crippen molar-refractivity contribution >= 4 is 11.7 Å². The number of rotatable bonds is 6. The van der Waals surface area contributed by atoms with Crippen molar-refractivity contribution in [1.29, 1.82) is 0 Å². The first-order valence-electron chi connectivity index (χ1n) is 9.43. The molecule has 0 bridgehead atoms. The Morgan fingerprint density at radius 3 is 2.64 bits per heavy atom. The smallest absolute Gasteiger partial charge is 0.311 e. The van der Waals surface area contributed by atoms with Crippen LogP contribution in [0.25, 0.3) is 5.69 Å². The van der Waals surface area contributed by atoms with Gasteiger partial charge in [0.2, 0.25) is 0 Å². The van der Waals surface area contributed by atoms with Gasteiger partial charge in [-0.15, -0.1) is 0 Å². The number of carbonyl (C=O) groups is 1. The van der Waals surface area contributed by atoms with E-state index >= 15 is 0 Å². The molecule has 0 spiro atoms. The summed E-state index contributed by atoms with van der Waals surface area (Å²) in [5.74, 6) is -0.221. The summed E-state index contributed by atoms with van der Waals surface area (Å²) >= 11 is 0. The van der Waals surface area contributed by atoms with Crippen molar-refractivity contribution in [2.75, 3.05) is 24.6 Å². The number of ether oxygens (including phenoxy) is 1. The molecule has 0 radical (unpaired) electrons. The van der Waals surface area contributed by atoms with E-state index in [4.69, 9.17) is 4.74 Å². The summed E-state index contributed by atoms with van der Waals surface area (Å²) in [5.41, 5.74) is 2.59. The van der Waals surface area contributed by atoms with Crippen molar-refractivity contribution < 1.29 is 13.9 Å². The zero-order chi connectivity index (χ0) is 19.3. The first kappa shape index (κ1) is 18.2. The molecule has 0 N–H and O–H groups in total. The number of benzene rings is 2. The third-order valence-electron chi connectivity index (χ3n) is 4.95. The van der Waals surface area contributed by atoms with Crippen molar-refractivity contribution in [3.05, 3.63) is 78.4 Å². The van der Waals surface area contributed by atoms with E-state index in [-0.39, 0.29) is 18.2 Å². The van der Waals surface area contributed by atoms with Crippen LogP contribution in [0.1, 0.15) is 12.1 Å². The van der Waals surface area contributed by atoms with Crippen molar-refractivity contribution in [2.24, 2.45) is 5.92 Å². The minimum absolute atomic E-state index is 0.128. The van der Waals surface area contributed by atoms with Gasteiger partial charge in [-0.25, -0.2) is 9.07 Å². The van der Waals surface area contributed by atoms with E-state index in [1.165, 1.54) is 17.8 Å². The third kappa shape index (κ3) is 4.39. The molecule has 3 aromatic rings. The maximum absolute atomic E-state index is 13.0. The highest BCUT2D eigenvalue weighted by Crippen LogP contribution is 2.23. The van der Waals surface area contributed by atoms with Crippen LogP contribution in [-0.4, -0.2) is 35.4 Å². The second-order valence-corrected chi connectivity index (χ2v) is 7.02. The molecule has 0 amide bonds. The molecule has 4 rings (SSSR count). The van der Waals surface area contributed by atoms with Crippen LogP contribution in [0, 0.1) is 11.7 Å². The van der Waals surface area contributed by atoms with Gasteiger partial charge in [0.25, 0.3) is 0 Å². The van der Waals surface area contributed by atoms with Crippen molar-refractivity contribution in [3.8, 4) is 5.69 Å². The third-order valence-corrected chi connectivity index (χ3v) is 4.95. The SMILES string of the molecule is O=C(Cc1ccn(-c2ccc(F)cc2)n1)OCC1CCN(c2ccccc2)C1. The predicted molar refractivity (Wildman–Crippen MR) is 105 cm³/mol. The molecule has 5 nitrogen and oxygen atoms in total. The van der Waals surface area contributed by atoms with Gasteiger partial charge in [0.05, 0.1) is 24.4 Å². The molecule has 0 saturated carbocycles. The van der Waals surface area contributed by atoms with E-state index in [9.17, 15) is 9.18 Å². The maximum Gasteiger partial charge on any atom is 0.311 e. The van der Waals surface area contributed by atoms with Crippen LogP contribution in [-0.2, 0) is 16.0 Å². The molecule has 1 aromatic heterocycles. The Labute approximate surface area is 163 Å². The zero-order valence-electron chi connectivity index (χ0n) is 15.5. The van der Waals surface area contributed by atoms with E-state index in [1.807, 2.05) is 18.2 Å². The number of anilines is 1. The lowest BCUT2D eigenvalue weighted by molar-refractivity contribution is -0.144. The number of hydrogen-bond donors (Lipinski definition) is 0. The summed E-state index contributed by atoms with van der Waals surface area (Å²) < 4.78 is 20.1. The van der Waals surface area contributed by atoms with Crippen LogP contribution in [0.4, 0.5) is 10.1 Å². The van der Waals surface area contributed by atoms with Crippen LogP contribution in [0.15, 0.2) is 66.9 Å². The predicted octanol–water partition coefficient (Wildman–Crippen LogP) is 3.62. The molecule has 2 heterocycles. The summed E-state index contributed by atoms with van der Waals surface area (Å²) in [6.45, 7) is 2.31. The molecule has 1 fully saturated rings. The van der Waals surface area contributed by atoms with Gasteiger partial charge in [-0.3, -0.25) is 4.79 Å². The average Bonchev–Trinajstić information content (AvgIpc) is 3.37. The monoisotopic (exact) mass is 379 g/mol. The van der Waals surface area contributed by atoms with E-state index in [0.717, 1.165) is 25.2 Å². The first-order chi connectivity index (χ1) is 13.7. The van der Waals surface area contributed by atoms with Gasteiger partial charge in [-0.1, -0.05) is 18.2 Å². The fraction of sp³-hybridized carbons (Fsp3) is 0.273. The van der Waals surface area contributed by atoms with Crippen LogP contribution in [0.2, 0.25) is 0 Å². The number of nitrogens with zero attached hydrogens (tertiary/aromatic N) is 3. The van der Waals surface area contributed by atoms with Gasteiger partial charge in [-0.05, 0) is 48.9 Å². The molecule has 2 aromatic carbocycles. The highest BCUT2D eigenvalue weighted by Gasteiger charge is 2.24. The van der Waals surface area contributed by atoms with Crippen molar-refractivity contribution in [2.45, 2.75) is 12.8 Å². The maximum atomic E-state index is 13.0. The molecule has 28 heavy (non-hydrogen) atoms. The van der Waals surface area contributed by atoms with Gasteiger partial charge in [0.1, 0.15) is 5.82 Å². The molecule has 1 aliphatic heterocycles. The molecule has 144 valence electrons. The summed E-state index contributed by atoms with van der Waals surface area (Å²) in [6.07, 6.45) is 2.90. The number of esters is 1. The Balaban J connectivity index is 1.26. The first-order valence-corrected chi connectivity index (χ1v) is 9.43. The van der Waals surface area contributed by atoms with Gasteiger partial charge < -0.3 is 9.64 Å². The second-order valence-electron chi connectivity index (χ2n) is 7.02. The minimum Gasteiger partial charge on any atom is -0.465 e. The quantitative estimate of drug-likeness (QED) is 0.614. The van der Waals surface area contributed by atoms with Gasteiger partial charge in [0, 0.05) is 30.9 Å². The number of carbonyl (C=O) groups excluding carboxylic acids is 1. The lowest BCUT2D eigenvalue weighted by Gasteiger charge is -2.18. The largest absolute Gasteiger partial charge is 0.465 e. The summed E-state index contributed by atoms with van der Waals surface area (Å²) in [7, 11) is 0. The standard InChI is InChI=1S/C22H22FN3O2/c23-18-6-8-21(9-7-18)26-13-11-19(24-26)14-22(27)28-16-17-10-12-25(15-17)20-4-2-1-3-5-20/h1-9,11,13,17H,10,12,14-16H2. The minimum atomic E-state index is -0.294. The topological polar surface area (TPSA) is 47.4 Å². The molecule has 1 saturated heterocycles. The number of para-hydroxylation sites is 1. The normalized spacial score (nSPS) is 16.3. The summed E-state index contributed by atoms with van der Waals surface area (Å²) in [6, 6.07) is 18.1. The van der Waals surface area contributed by atoms with Crippen LogP contribution in [0.3, 0.4) is 0 Å². The lowest BCUT2D eigenvalue weighted by Crippen LogP contribution is -2.22. The number of aromatic nitrogens is 2. The Morgan fingerprint density at radius 2 is 1.86 bits per heavy atom. The van der Waals surface area contributed by atoms with Crippen LogP contribution >= 0.6 is 0 Å². The fourth-order valence-corrected chi connectivity index (χ4v) is 3.45. The number of hydrogen-bond acceptors (Lipinski definition) is 4. The van der Waals surface area contributed by atoms with Crippen LogP contribution in [0.5, 0.6) is 0 Å². The Morgan fingerprint density at radius 1 is 1.07 bits per heavy atom. The molecule has 0 aliphatic carbocycles. The summed E-state index contributed by atoms with van der Waals surface area (Å²) in [4.78, 5) is 14.5. The van der Waals surface area contributed by atoms with Crippen molar-refractivity contribution in [1.82, 2.24) is 9.78 Å². The number of halogens is 1. The molecule has 1 unspecified atom stereocenters. The molecule has 6 heteroatoms. The van der Waals surface area contributed by atoms with Gasteiger partial charge >= 0.3 is 5.97 Å². The Bertz CT molecular complexity index is 924. The molecule has 1 atom stereocenters. The van der Waals surface area contributed by atoms with Crippen LogP contribution < -0.4 is 4.90 Å². The highest BCUT2D eigenvalue weighted by molar-refractivity contribution is 5.72. The average molecular weight is 379 g/mol. The van der Waals surface area contributed by atoms with E-state index in [2.05, 4.69) is 22.1 Å². The lowest BCUT2D eigenvalue weighted by atomic mass is 10.1. The van der Waals surface area contributed by atoms with E-state index in [1.54, 1.807) is 29.1 Å². The molecule has 1 aliphatic rings. The highest BCUT2D eigenvalue weighted by atomic mass is 19.1. The summed E-state index contributed by atoms with van der Waals surface area (Å²) in [5, 5.41) is 4.37. The van der Waals surface area contributed by atoms with Crippen molar-refractivity contribution in [3.63, 3.8) is 0 Å². The van der Waals surface area contributed by atoms with Gasteiger partial charge in [-0.2, -0.15) is 5.10 Å². The Kier molecular flexibility index (Phi) is 5.37. The Hall–Kier alpha value is -3.15. The molecular formula is C22H22FN3O2. The van der Waals surface area contributed by atoms with Gasteiger partial charge in [0.15, 0.2) is 0 Å². The fourth-order valence-electron chi connectivity index (χ4n) is 3.45. The zero-order valence-corrected chi connectivity index (χ0v) is 15.5. The van der Waals surface area contributed by atoms with E-state index < -0.39 is 0 Å². The van der Waals surface area contributed by atoms with E-state index in [0.29, 0.717) is 18.2 Å². The second kappa shape index (κ2) is 8.25. The molecular weight excluding hydrogens is 357 g/mol.